The molecule has 3 rings (SSSR count). The quantitative estimate of drug-likeness (QED) is 0.853. The molecule has 0 N–H and O–H groups in total. The number of amides is 1. The zero-order valence-electron chi connectivity index (χ0n) is 15.2. The van der Waals surface area contributed by atoms with Gasteiger partial charge in [-0.1, -0.05) is 13.8 Å². The van der Waals surface area contributed by atoms with Crippen LogP contribution in [-0.2, 0) is 0 Å². The van der Waals surface area contributed by atoms with Crippen LogP contribution in [0.15, 0.2) is 24.3 Å². The highest BCUT2D eigenvalue weighted by Crippen LogP contribution is 2.27. The van der Waals surface area contributed by atoms with E-state index in [0.29, 0.717) is 6.04 Å². The Bertz CT molecular complexity index is 539. The van der Waals surface area contributed by atoms with E-state index in [9.17, 15) is 4.79 Å². The van der Waals surface area contributed by atoms with Crippen LogP contribution in [0.5, 0.6) is 5.75 Å². The van der Waals surface area contributed by atoms with Crippen molar-refractivity contribution in [3.63, 3.8) is 0 Å². The van der Waals surface area contributed by atoms with E-state index in [2.05, 4.69) is 18.7 Å². The molecule has 1 aromatic carbocycles. The van der Waals surface area contributed by atoms with Crippen LogP contribution in [-0.4, -0.2) is 55.0 Å². The summed E-state index contributed by atoms with van der Waals surface area (Å²) in [4.78, 5) is 17.3. The zero-order valence-corrected chi connectivity index (χ0v) is 15.2. The number of nitrogens with zero attached hydrogens (tertiary/aromatic N) is 2. The van der Waals surface area contributed by atoms with Gasteiger partial charge in [-0.05, 0) is 55.4 Å². The summed E-state index contributed by atoms with van der Waals surface area (Å²) in [5.74, 6) is 2.54. The number of rotatable bonds is 3. The lowest BCUT2D eigenvalue weighted by Crippen LogP contribution is -2.50. The number of hydrogen-bond donors (Lipinski definition) is 0. The molecule has 0 radical (unpaired) electrons. The lowest BCUT2D eigenvalue weighted by Gasteiger charge is -2.43. The van der Waals surface area contributed by atoms with Crippen molar-refractivity contribution in [2.75, 3.05) is 33.3 Å². The molecule has 2 heterocycles. The molecule has 0 aliphatic carbocycles. The van der Waals surface area contributed by atoms with E-state index in [1.807, 2.05) is 29.2 Å². The summed E-state index contributed by atoms with van der Waals surface area (Å²) in [5.41, 5.74) is 0.759. The average molecular weight is 330 g/mol. The summed E-state index contributed by atoms with van der Waals surface area (Å²) in [5, 5.41) is 0. The van der Waals surface area contributed by atoms with Crippen molar-refractivity contribution < 1.29 is 9.53 Å². The van der Waals surface area contributed by atoms with Crippen molar-refractivity contribution in [1.29, 1.82) is 0 Å². The maximum Gasteiger partial charge on any atom is 0.253 e. The second-order valence-electron chi connectivity index (χ2n) is 7.65. The fraction of sp³-hybridized carbons (Fsp3) is 0.650. The summed E-state index contributed by atoms with van der Waals surface area (Å²) in [6, 6.07) is 8.09. The number of carbonyl (C=O) groups excluding carboxylic acids is 1. The third-order valence-electron chi connectivity index (χ3n) is 5.50. The number of methoxy groups -OCH3 is 1. The molecule has 0 spiro atoms. The maximum atomic E-state index is 12.7. The first-order valence-corrected chi connectivity index (χ1v) is 9.24. The van der Waals surface area contributed by atoms with Gasteiger partial charge in [-0.25, -0.2) is 0 Å². The molecule has 2 atom stereocenters. The monoisotopic (exact) mass is 330 g/mol. The third kappa shape index (κ3) is 3.92. The molecule has 4 heteroatoms. The smallest absolute Gasteiger partial charge is 0.253 e. The van der Waals surface area contributed by atoms with Crippen LogP contribution >= 0.6 is 0 Å². The Morgan fingerprint density at radius 1 is 1.04 bits per heavy atom. The zero-order chi connectivity index (χ0) is 17.1. The lowest BCUT2D eigenvalue weighted by molar-refractivity contribution is 0.0450. The van der Waals surface area contributed by atoms with Crippen LogP contribution in [0.25, 0.3) is 0 Å². The SMILES string of the molecule is COc1ccc(C(=O)N2CCC(N3C[C@H](C)C[C@@H](C)C3)CC2)cc1. The van der Waals surface area contributed by atoms with Crippen LogP contribution in [0.1, 0.15) is 43.5 Å². The van der Waals surface area contributed by atoms with Gasteiger partial charge in [-0.15, -0.1) is 0 Å². The average Bonchev–Trinajstić information content (AvgIpc) is 2.60. The van der Waals surface area contributed by atoms with Gasteiger partial charge >= 0.3 is 0 Å². The summed E-state index contributed by atoms with van der Waals surface area (Å²) in [6.07, 6.45) is 3.55. The minimum atomic E-state index is 0.150. The molecule has 2 aliphatic rings. The molecule has 1 amide bonds. The molecule has 2 fully saturated rings. The van der Waals surface area contributed by atoms with Crippen molar-refractivity contribution in [3.8, 4) is 5.75 Å². The van der Waals surface area contributed by atoms with Gasteiger partial charge in [0.25, 0.3) is 5.91 Å². The van der Waals surface area contributed by atoms with Gasteiger partial charge in [-0.3, -0.25) is 9.69 Å². The maximum absolute atomic E-state index is 12.7. The van der Waals surface area contributed by atoms with Gasteiger partial charge in [0.05, 0.1) is 7.11 Å². The van der Waals surface area contributed by atoms with Gasteiger partial charge in [0, 0.05) is 37.8 Å². The standard InChI is InChI=1S/C20H30N2O2/c1-15-12-16(2)14-22(13-15)18-8-10-21(11-9-18)20(23)17-4-6-19(24-3)7-5-17/h4-7,15-16,18H,8-14H2,1-3H3/t15-,16-/m1/s1. The Kier molecular flexibility index (Phi) is 5.44. The Labute approximate surface area is 145 Å². The second-order valence-corrected chi connectivity index (χ2v) is 7.65. The van der Waals surface area contributed by atoms with Crippen molar-refractivity contribution in [2.24, 2.45) is 11.8 Å². The predicted molar refractivity (Wildman–Crippen MR) is 96.4 cm³/mol. The largest absolute Gasteiger partial charge is 0.497 e. The van der Waals surface area contributed by atoms with Crippen LogP contribution in [0.2, 0.25) is 0 Å². The number of hydrogen-bond acceptors (Lipinski definition) is 3. The normalized spacial score (nSPS) is 26.4. The fourth-order valence-electron chi connectivity index (χ4n) is 4.36. The summed E-state index contributed by atoms with van der Waals surface area (Å²) < 4.78 is 5.16. The highest BCUT2D eigenvalue weighted by molar-refractivity contribution is 5.94. The number of ether oxygens (including phenoxy) is 1. The molecule has 1 aromatic rings. The van der Waals surface area contributed by atoms with Gasteiger partial charge in [-0.2, -0.15) is 0 Å². The van der Waals surface area contributed by atoms with Crippen LogP contribution in [0, 0.1) is 11.8 Å². The van der Waals surface area contributed by atoms with E-state index < -0.39 is 0 Å². The first kappa shape index (κ1) is 17.3. The molecule has 132 valence electrons. The molecule has 2 saturated heterocycles. The van der Waals surface area contributed by atoms with Crippen molar-refractivity contribution >= 4 is 5.91 Å². The lowest BCUT2D eigenvalue weighted by atomic mass is 9.89. The molecule has 0 bridgehead atoms. The first-order chi connectivity index (χ1) is 11.6. The molecule has 0 unspecified atom stereocenters. The van der Waals surface area contributed by atoms with Crippen molar-refractivity contribution in [3.05, 3.63) is 29.8 Å². The van der Waals surface area contributed by atoms with Crippen molar-refractivity contribution in [1.82, 2.24) is 9.80 Å². The van der Waals surface area contributed by atoms with Crippen LogP contribution in [0.4, 0.5) is 0 Å². The van der Waals surface area contributed by atoms with E-state index in [1.165, 1.54) is 19.5 Å². The number of benzene rings is 1. The molecule has 0 saturated carbocycles. The topological polar surface area (TPSA) is 32.8 Å². The predicted octanol–water partition coefficient (Wildman–Crippen LogP) is 3.28. The molecule has 24 heavy (non-hydrogen) atoms. The fourth-order valence-corrected chi connectivity index (χ4v) is 4.36. The van der Waals surface area contributed by atoms with Crippen LogP contribution in [0.3, 0.4) is 0 Å². The summed E-state index contributed by atoms with van der Waals surface area (Å²) in [6.45, 7) is 8.92. The molecular weight excluding hydrogens is 300 g/mol. The minimum absolute atomic E-state index is 0.150. The van der Waals surface area contributed by atoms with E-state index in [0.717, 1.165) is 49.1 Å². The molecular formula is C20H30N2O2. The summed E-state index contributed by atoms with van der Waals surface area (Å²) in [7, 11) is 1.64. The molecule has 0 aromatic heterocycles. The minimum Gasteiger partial charge on any atom is -0.497 e. The number of carbonyl (C=O) groups is 1. The van der Waals surface area contributed by atoms with E-state index in [-0.39, 0.29) is 5.91 Å². The van der Waals surface area contributed by atoms with E-state index >= 15 is 0 Å². The number of likely N-dealkylation sites (tertiary alicyclic amines) is 2. The molecule has 2 aliphatic heterocycles. The third-order valence-corrected chi connectivity index (χ3v) is 5.50. The molecule has 4 nitrogen and oxygen atoms in total. The summed E-state index contributed by atoms with van der Waals surface area (Å²) >= 11 is 0. The van der Waals surface area contributed by atoms with Gasteiger partial charge < -0.3 is 9.64 Å². The Morgan fingerprint density at radius 3 is 2.17 bits per heavy atom. The Hall–Kier alpha value is -1.55. The van der Waals surface area contributed by atoms with Gasteiger partial charge in [0.2, 0.25) is 0 Å². The highest BCUT2D eigenvalue weighted by Gasteiger charge is 2.31. The van der Waals surface area contributed by atoms with Crippen molar-refractivity contribution in [2.45, 2.75) is 39.2 Å². The van der Waals surface area contributed by atoms with Gasteiger partial charge in [0.1, 0.15) is 5.75 Å². The van der Waals surface area contributed by atoms with Gasteiger partial charge in [0.15, 0.2) is 0 Å². The second kappa shape index (κ2) is 7.56. The highest BCUT2D eigenvalue weighted by atomic mass is 16.5. The van der Waals surface area contributed by atoms with E-state index in [4.69, 9.17) is 4.74 Å². The van der Waals surface area contributed by atoms with E-state index in [1.54, 1.807) is 7.11 Å². The Balaban J connectivity index is 1.55. The number of piperidine rings is 2. The first-order valence-electron chi connectivity index (χ1n) is 9.24. The van der Waals surface area contributed by atoms with Crippen LogP contribution < -0.4 is 4.74 Å². The Morgan fingerprint density at radius 2 is 1.62 bits per heavy atom.